The molecular weight excluding hydrogens is 162 g/mol. The van der Waals surface area contributed by atoms with Crippen molar-refractivity contribution in [3.63, 3.8) is 0 Å². The standard InChI is InChI=1S/C7H13NO2S/c1-7-2-3-9-4-5(7)11-6(8)10-7/h5-6H,2-4,8H2,1H3. The highest BCUT2D eigenvalue weighted by molar-refractivity contribution is 8.00. The van der Waals surface area contributed by atoms with Crippen molar-refractivity contribution < 1.29 is 9.47 Å². The Morgan fingerprint density at radius 3 is 3.18 bits per heavy atom. The normalized spacial score (nSPS) is 50.7. The molecule has 3 nitrogen and oxygen atoms in total. The lowest BCUT2D eigenvalue weighted by molar-refractivity contribution is -0.0848. The van der Waals surface area contributed by atoms with Crippen molar-refractivity contribution in [3.05, 3.63) is 0 Å². The van der Waals surface area contributed by atoms with Crippen LogP contribution in [0, 0.1) is 0 Å². The van der Waals surface area contributed by atoms with Crippen molar-refractivity contribution in [2.45, 2.75) is 29.8 Å². The molecule has 2 fully saturated rings. The lowest BCUT2D eigenvalue weighted by atomic mass is 9.96. The summed E-state index contributed by atoms with van der Waals surface area (Å²) >= 11 is 1.68. The molecule has 0 aromatic heterocycles. The van der Waals surface area contributed by atoms with Crippen LogP contribution < -0.4 is 5.73 Å². The fourth-order valence-electron chi connectivity index (χ4n) is 1.58. The van der Waals surface area contributed by atoms with E-state index in [0.717, 1.165) is 19.6 Å². The molecule has 3 atom stereocenters. The van der Waals surface area contributed by atoms with Gasteiger partial charge < -0.3 is 9.47 Å². The molecule has 0 saturated carbocycles. The van der Waals surface area contributed by atoms with Crippen LogP contribution in [0.5, 0.6) is 0 Å². The molecule has 2 N–H and O–H groups in total. The smallest absolute Gasteiger partial charge is 0.155 e. The summed E-state index contributed by atoms with van der Waals surface area (Å²) in [5, 5.41) is 0.436. The minimum atomic E-state index is -0.147. The number of hydrogen-bond acceptors (Lipinski definition) is 4. The first-order valence-corrected chi connectivity index (χ1v) is 4.82. The average Bonchev–Trinajstić information content (AvgIpc) is 2.22. The second kappa shape index (κ2) is 2.62. The molecule has 2 saturated heterocycles. The first-order valence-electron chi connectivity index (χ1n) is 3.87. The Labute approximate surface area is 70.6 Å². The highest BCUT2D eigenvalue weighted by atomic mass is 32.2. The Bertz CT molecular complexity index is 167. The van der Waals surface area contributed by atoms with E-state index >= 15 is 0 Å². The van der Waals surface area contributed by atoms with E-state index in [4.69, 9.17) is 15.2 Å². The van der Waals surface area contributed by atoms with Crippen molar-refractivity contribution in [3.8, 4) is 0 Å². The van der Waals surface area contributed by atoms with E-state index in [-0.39, 0.29) is 11.2 Å². The molecule has 2 aliphatic heterocycles. The van der Waals surface area contributed by atoms with E-state index in [0.29, 0.717) is 5.25 Å². The SMILES string of the molecule is CC12CCOCC1SC(N)O2. The number of nitrogens with two attached hydrogens (primary N) is 1. The summed E-state index contributed by atoms with van der Waals surface area (Å²) in [7, 11) is 0. The molecule has 11 heavy (non-hydrogen) atoms. The zero-order valence-corrected chi connectivity index (χ0v) is 7.39. The van der Waals surface area contributed by atoms with E-state index in [1.807, 2.05) is 0 Å². The Balaban J connectivity index is 2.11. The number of hydrogen-bond donors (Lipinski definition) is 1. The second-order valence-corrected chi connectivity index (χ2v) is 4.55. The van der Waals surface area contributed by atoms with Gasteiger partial charge in [-0.3, -0.25) is 5.73 Å². The maximum absolute atomic E-state index is 5.66. The topological polar surface area (TPSA) is 44.5 Å². The molecule has 2 rings (SSSR count). The molecule has 4 heteroatoms. The van der Waals surface area contributed by atoms with Gasteiger partial charge in [0, 0.05) is 13.0 Å². The van der Waals surface area contributed by atoms with Crippen LogP contribution in [-0.4, -0.2) is 29.6 Å². The Morgan fingerprint density at radius 2 is 2.45 bits per heavy atom. The van der Waals surface area contributed by atoms with E-state index in [2.05, 4.69) is 6.92 Å². The minimum Gasteiger partial charge on any atom is -0.380 e. The third kappa shape index (κ3) is 1.28. The quantitative estimate of drug-likeness (QED) is 0.583. The van der Waals surface area contributed by atoms with Gasteiger partial charge in [-0.25, -0.2) is 0 Å². The van der Waals surface area contributed by atoms with Gasteiger partial charge in [-0.15, -0.1) is 11.8 Å². The second-order valence-electron chi connectivity index (χ2n) is 3.25. The molecular formula is C7H13NO2S. The Hall–Kier alpha value is 0.230. The fourth-order valence-corrected chi connectivity index (χ4v) is 2.81. The van der Waals surface area contributed by atoms with E-state index in [1.165, 1.54) is 0 Å². The molecule has 2 aliphatic rings. The largest absolute Gasteiger partial charge is 0.380 e. The maximum Gasteiger partial charge on any atom is 0.155 e. The fraction of sp³-hybridized carbons (Fsp3) is 1.00. The average molecular weight is 175 g/mol. The minimum absolute atomic E-state index is 0.0255. The summed E-state index contributed by atoms with van der Waals surface area (Å²) in [5.41, 5.74) is 5.49. The maximum atomic E-state index is 5.66. The summed E-state index contributed by atoms with van der Waals surface area (Å²) in [6.45, 7) is 3.72. The van der Waals surface area contributed by atoms with Crippen molar-refractivity contribution in [1.82, 2.24) is 0 Å². The van der Waals surface area contributed by atoms with Crippen molar-refractivity contribution >= 4 is 11.8 Å². The van der Waals surface area contributed by atoms with Gasteiger partial charge in [-0.05, 0) is 6.92 Å². The van der Waals surface area contributed by atoms with Crippen molar-refractivity contribution in [1.29, 1.82) is 0 Å². The van der Waals surface area contributed by atoms with Crippen molar-refractivity contribution in [2.75, 3.05) is 13.2 Å². The molecule has 0 amide bonds. The lowest BCUT2D eigenvalue weighted by Crippen LogP contribution is -2.43. The molecule has 0 aromatic carbocycles. The summed E-state index contributed by atoms with van der Waals surface area (Å²) < 4.78 is 11.0. The monoisotopic (exact) mass is 175 g/mol. The molecule has 0 spiro atoms. The van der Waals surface area contributed by atoms with E-state index in [1.54, 1.807) is 11.8 Å². The summed E-state index contributed by atoms with van der Waals surface area (Å²) in [6.07, 6.45) is 0.971. The van der Waals surface area contributed by atoms with Crippen molar-refractivity contribution in [2.24, 2.45) is 5.73 Å². The van der Waals surface area contributed by atoms with Crippen LogP contribution in [-0.2, 0) is 9.47 Å². The molecule has 0 aromatic rings. The van der Waals surface area contributed by atoms with Crippen LogP contribution in [0.3, 0.4) is 0 Å². The molecule has 0 aliphatic carbocycles. The van der Waals surface area contributed by atoms with Gasteiger partial charge in [-0.2, -0.15) is 0 Å². The van der Waals surface area contributed by atoms with Crippen LogP contribution in [0.25, 0.3) is 0 Å². The predicted octanol–water partition coefficient (Wildman–Crippen LogP) is 0.540. The zero-order valence-electron chi connectivity index (χ0n) is 6.58. The van der Waals surface area contributed by atoms with Crippen LogP contribution in [0.2, 0.25) is 0 Å². The number of rotatable bonds is 0. The highest BCUT2D eigenvalue weighted by Crippen LogP contribution is 2.42. The highest BCUT2D eigenvalue weighted by Gasteiger charge is 2.46. The molecule has 64 valence electrons. The van der Waals surface area contributed by atoms with Gasteiger partial charge in [0.2, 0.25) is 0 Å². The van der Waals surface area contributed by atoms with Crippen LogP contribution in [0.4, 0.5) is 0 Å². The Kier molecular flexibility index (Phi) is 1.87. The lowest BCUT2D eigenvalue weighted by Gasteiger charge is -2.33. The third-order valence-electron chi connectivity index (χ3n) is 2.38. The first kappa shape index (κ1) is 7.86. The van der Waals surface area contributed by atoms with Crippen LogP contribution in [0.15, 0.2) is 0 Å². The molecule has 0 bridgehead atoms. The zero-order chi connectivity index (χ0) is 7.90. The Morgan fingerprint density at radius 1 is 1.64 bits per heavy atom. The van der Waals surface area contributed by atoms with Gasteiger partial charge in [0.1, 0.15) is 0 Å². The molecule has 3 unspecified atom stereocenters. The summed E-state index contributed by atoms with van der Waals surface area (Å²) in [6, 6.07) is 0. The van der Waals surface area contributed by atoms with Gasteiger partial charge in [0.05, 0.1) is 17.5 Å². The van der Waals surface area contributed by atoms with E-state index < -0.39 is 0 Å². The predicted molar refractivity (Wildman–Crippen MR) is 44.3 cm³/mol. The summed E-state index contributed by atoms with van der Waals surface area (Å²) in [5.74, 6) is 0. The van der Waals surface area contributed by atoms with Crippen LogP contribution in [0.1, 0.15) is 13.3 Å². The molecule has 2 heterocycles. The third-order valence-corrected chi connectivity index (χ3v) is 3.70. The number of thioether (sulfide) groups is 1. The molecule has 0 radical (unpaired) electrons. The van der Waals surface area contributed by atoms with E-state index in [9.17, 15) is 0 Å². The number of fused-ring (bicyclic) bond motifs is 1. The van der Waals surface area contributed by atoms with Gasteiger partial charge >= 0.3 is 0 Å². The number of ether oxygens (including phenoxy) is 2. The summed E-state index contributed by atoms with van der Waals surface area (Å²) in [4.78, 5) is 0. The van der Waals surface area contributed by atoms with Gasteiger partial charge in [0.25, 0.3) is 0 Å². The first-order chi connectivity index (χ1) is 5.21. The van der Waals surface area contributed by atoms with Crippen LogP contribution >= 0.6 is 11.8 Å². The van der Waals surface area contributed by atoms with Gasteiger partial charge in [0.15, 0.2) is 5.56 Å². The van der Waals surface area contributed by atoms with Gasteiger partial charge in [-0.1, -0.05) is 0 Å².